The SMILES string of the molecule is Cc1cccc(C)c1O[C@@H](C)C(=O)NNC(=O)c1sc2ccccc2c1Cl. The van der Waals surface area contributed by atoms with E-state index in [0.717, 1.165) is 21.2 Å². The number of amides is 2. The summed E-state index contributed by atoms with van der Waals surface area (Å²) in [5.74, 6) is -0.254. The first kappa shape index (κ1) is 19.2. The Morgan fingerprint density at radius 2 is 1.70 bits per heavy atom. The zero-order valence-corrected chi connectivity index (χ0v) is 16.7. The zero-order chi connectivity index (χ0) is 19.6. The van der Waals surface area contributed by atoms with Crippen LogP contribution in [0.5, 0.6) is 5.75 Å². The minimum atomic E-state index is -0.775. The summed E-state index contributed by atoms with van der Waals surface area (Å²) in [6, 6.07) is 13.2. The Morgan fingerprint density at radius 1 is 1.04 bits per heavy atom. The predicted octanol–water partition coefficient (Wildman–Crippen LogP) is 4.40. The van der Waals surface area contributed by atoms with Gasteiger partial charge in [-0.05, 0) is 38.0 Å². The van der Waals surface area contributed by atoms with Crippen LogP contribution in [-0.4, -0.2) is 17.9 Å². The van der Waals surface area contributed by atoms with Crippen molar-refractivity contribution in [2.24, 2.45) is 0 Å². The highest BCUT2D eigenvalue weighted by Gasteiger charge is 2.20. The van der Waals surface area contributed by atoms with Gasteiger partial charge in [0.1, 0.15) is 10.6 Å². The fourth-order valence-electron chi connectivity index (χ4n) is 2.65. The maximum absolute atomic E-state index is 12.4. The van der Waals surface area contributed by atoms with Crippen LogP contribution in [0.4, 0.5) is 0 Å². The molecule has 0 aliphatic heterocycles. The van der Waals surface area contributed by atoms with Gasteiger partial charge >= 0.3 is 0 Å². The smallest absolute Gasteiger partial charge is 0.281 e. The average Bonchev–Trinajstić information content (AvgIpc) is 2.99. The molecule has 140 valence electrons. The molecule has 1 heterocycles. The molecule has 2 amide bonds. The van der Waals surface area contributed by atoms with E-state index in [2.05, 4.69) is 10.9 Å². The summed E-state index contributed by atoms with van der Waals surface area (Å²) in [6.45, 7) is 5.45. The largest absolute Gasteiger partial charge is 0.480 e. The standard InChI is InChI=1S/C20H19ClN2O3S/c1-11-7-6-8-12(2)17(11)26-13(3)19(24)22-23-20(25)18-16(21)14-9-4-5-10-15(14)27-18/h4-10,13H,1-3H3,(H,22,24)(H,23,25)/t13-/m0/s1. The van der Waals surface area contributed by atoms with E-state index in [0.29, 0.717) is 15.6 Å². The van der Waals surface area contributed by atoms with E-state index in [1.165, 1.54) is 11.3 Å². The van der Waals surface area contributed by atoms with Crippen LogP contribution in [0.15, 0.2) is 42.5 Å². The molecule has 5 nitrogen and oxygen atoms in total. The van der Waals surface area contributed by atoms with Crippen LogP contribution >= 0.6 is 22.9 Å². The summed E-state index contributed by atoms with van der Waals surface area (Å²) in [6.07, 6.45) is -0.775. The van der Waals surface area contributed by atoms with Crippen LogP contribution in [0.3, 0.4) is 0 Å². The third-order valence-electron chi connectivity index (χ3n) is 4.11. The Balaban J connectivity index is 1.64. The maximum atomic E-state index is 12.4. The maximum Gasteiger partial charge on any atom is 0.281 e. The van der Waals surface area contributed by atoms with Gasteiger partial charge < -0.3 is 4.74 Å². The summed E-state index contributed by atoms with van der Waals surface area (Å²) < 4.78 is 6.67. The minimum Gasteiger partial charge on any atom is -0.480 e. The Kier molecular flexibility index (Phi) is 5.68. The van der Waals surface area contributed by atoms with E-state index in [1.54, 1.807) is 6.92 Å². The molecule has 0 unspecified atom stereocenters. The third-order valence-corrected chi connectivity index (χ3v) is 5.79. The number of rotatable bonds is 4. The van der Waals surface area contributed by atoms with Crippen molar-refractivity contribution in [1.82, 2.24) is 10.9 Å². The second-order valence-electron chi connectivity index (χ2n) is 6.17. The molecule has 0 radical (unpaired) electrons. The zero-order valence-electron chi connectivity index (χ0n) is 15.1. The first-order valence-corrected chi connectivity index (χ1v) is 9.58. The molecule has 0 saturated carbocycles. The van der Waals surface area contributed by atoms with Crippen LogP contribution in [0.2, 0.25) is 5.02 Å². The topological polar surface area (TPSA) is 67.4 Å². The van der Waals surface area contributed by atoms with Gasteiger partial charge in [0, 0.05) is 10.1 Å². The van der Waals surface area contributed by atoms with Crippen molar-refractivity contribution in [3.05, 3.63) is 63.5 Å². The van der Waals surface area contributed by atoms with E-state index >= 15 is 0 Å². The number of aryl methyl sites for hydroxylation is 2. The summed E-state index contributed by atoms with van der Waals surface area (Å²) in [7, 11) is 0. The summed E-state index contributed by atoms with van der Waals surface area (Å²) >= 11 is 7.56. The van der Waals surface area contributed by atoms with Gasteiger partial charge in [-0.3, -0.25) is 20.4 Å². The lowest BCUT2D eigenvalue weighted by atomic mass is 10.1. The Labute approximate surface area is 166 Å². The van der Waals surface area contributed by atoms with Crippen molar-refractivity contribution in [1.29, 1.82) is 0 Å². The number of ether oxygens (including phenoxy) is 1. The number of hydrogen-bond acceptors (Lipinski definition) is 4. The lowest BCUT2D eigenvalue weighted by Crippen LogP contribution is -2.47. The van der Waals surface area contributed by atoms with Gasteiger partial charge in [-0.15, -0.1) is 11.3 Å². The highest BCUT2D eigenvalue weighted by molar-refractivity contribution is 7.21. The number of nitrogens with one attached hydrogen (secondary N) is 2. The van der Waals surface area contributed by atoms with Crippen molar-refractivity contribution in [3.8, 4) is 5.75 Å². The number of carbonyl (C=O) groups is 2. The van der Waals surface area contributed by atoms with Gasteiger partial charge in [0.15, 0.2) is 6.10 Å². The molecule has 0 spiro atoms. The van der Waals surface area contributed by atoms with Crippen molar-refractivity contribution < 1.29 is 14.3 Å². The van der Waals surface area contributed by atoms with Crippen molar-refractivity contribution in [2.75, 3.05) is 0 Å². The van der Waals surface area contributed by atoms with E-state index in [4.69, 9.17) is 16.3 Å². The van der Waals surface area contributed by atoms with E-state index in [9.17, 15) is 9.59 Å². The second kappa shape index (κ2) is 7.98. The molecular weight excluding hydrogens is 384 g/mol. The molecule has 0 saturated heterocycles. The monoisotopic (exact) mass is 402 g/mol. The number of carbonyl (C=O) groups excluding carboxylic acids is 2. The van der Waals surface area contributed by atoms with Crippen molar-refractivity contribution in [2.45, 2.75) is 26.9 Å². The lowest BCUT2D eigenvalue weighted by molar-refractivity contribution is -0.128. The number of fused-ring (bicyclic) bond motifs is 1. The summed E-state index contributed by atoms with van der Waals surface area (Å²) in [5, 5.41) is 1.19. The van der Waals surface area contributed by atoms with Gasteiger partial charge in [0.05, 0.1) is 5.02 Å². The Hall–Kier alpha value is -2.57. The van der Waals surface area contributed by atoms with Gasteiger partial charge in [0.2, 0.25) is 0 Å². The second-order valence-corrected chi connectivity index (χ2v) is 7.60. The summed E-state index contributed by atoms with van der Waals surface area (Å²) in [4.78, 5) is 25.0. The van der Waals surface area contributed by atoms with Gasteiger partial charge in [-0.2, -0.15) is 0 Å². The quantitative estimate of drug-likeness (QED) is 0.635. The van der Waals surface area contributed by atoms with E-state index in [1.807, 2.05) is 56.3 Å². The average molecular weight is 403 g/mol. The molecular formula is C20H19ClN2O3S. The van der Waals surface area contributed by atoms with Crippen LogP contribution in [0.1, 0.15) is 27.7 Å². The molecule has 1 aromatic heterocycles. The van der Waals surface area contributed by atoms with Gasteiger partial charge in [0.25, 0.3) is 11.8 Å². The molecule has 0 aliphatic carbocycles. The fraction of sp³-hybridized carbons (Fsp3) is 0.200. The number of thiophene rings is 1. The number of benzene rings is 2. The number of para-hydroxylation sites is 1. The highest BCUT2D eigenvalue weighted by atomic mass is 35.5. The molecule has 1 atom stereocenters. The molecule has 7 heteroatoms. The number of hydrazine groups is 1. The third kappa shape index (κ3) is 4.07. The van der Waals surface area contributed by atoms with Gasteiger partial charge in [-0.25, -0.2) is 0 Å². The molecule has 0 bridgehead atoms. The molecule has 3 rings (SSSR count). The first-order chi connectivity index (χ1) is 12.9. The van der Waals surface area contributed by atoms with Crippen LogP contribution in [0, 0.1) is 13.8 Å². The lowest BCUT2D eigenvalue weighted by Gasteiger charge is -2.18. The molecule has 0 fully saturated rings. The Bertz CT molecular complexity index is 995. The summed E-state index contributed by atoms with van der Waals surface area (Å²) in [5.41, 5.74) is 6.68. The molecule has 27 heavy (non-hydrogen) atoms. The number of hydrogen-bond donors (Lipinski definition) is 2. The molecule has 0 aliphatic rings. The Morgan fingerprint density at radius 3 is 2.37 bits per heavy atom. The van der Waals surface area contributed by atoms with Crippen LogP contribution in [0.25, 0.3) is 10.1 Å². The first-order valence-electron chi connectivity index (χ1n) is 8.38. The molecule has 2 N–H and O–H groups in total. The van der Waals surface area contributed by atoms with E-state index < -0.39 is 17.9 Å². The van der Waals surface area contributed by atoms with Crippen LogP contribution < -0.4 is 15.6 Å². The predicted molar refractivity (Wildman–Crippen MR) is 108 cm³/mol. The van der Waals surface area contributed by atoms with E-state index in [-0.39, 0.29) is 0 Å². The number of halogens is 1. The fourth-order valence-corrected chi connectivity index (χ4v) is 4.06. The highest BCUT2D eigenvalue weighted by Crippen LogP contribution is 2.34. The van der Waals surface area contributed by atoms with Crippen molar-refractivity contribution >= 4 is 44.8 Å². The van der Waals surface area contributed by atoms with Gasteiger partial charge in [-0.1, -0.05) is 48.0 Å². The van der Waals surface area contributed by atoms with Crippen LogP contribution in [-0.2, 0) is 4.79 Å². The molecule has 2 aromatic carbocycles. The minimum absolute atomic E-state index is 0.349. The molecule has 3 aromatic rings. The van der Waals surface area contributed by atoms with Crippen molar-refractivity contribution in [3.63, 3.8) is 0 Å². The normalized spacial score (nSPS) is 11.9.